The van der Waals surface area contributed by atoms with E-state index in [2.05, 4.69) is 16.6 Å². The quantitative estimate of drug-likeness (QED) is 0.854. The van der Waals surface area contributed by atoms with E-state index in [0.29, 0.717) is 16.3 Å². The summed E-state index contributed by atoms with van der Waals surface area (Å²) < 4.78 is 27.0. The number of benzene rings is 2. The summed E-state index contributed by atoms with van der Waals surface area (Å²) in [6.07, 6.45) is 0. The van der Waals surface area contributed by atoms with E-state index in [9.17, 15) is 8.42 Å². The van der Waals surface area contributed by atoms with Crippen molar-refractivity contribution in [2.75, 3.05) is 11.3 Å². The summed E-state index contributed by atoms with van der Waals surface area (Å²) in [5.74, 6) is 5.14. The molecular formula is C15H12ClNO3S. The molecule has 2 aromatic rings. The lowest BCUT2D eigenvalue weighted by Crippen LogP contribution is -2.12. The molecule has 2 rings (SSSR count). The van der Waals surface area contributed by atoms with Crippen LogP contribution in [0.1, 0.15) is 5.56 Å². The lowest BCUT2D eigenvalue weighted by atomic mass is 10.2. The smallest absolute Gasteiger partial charge is 0.261 e. The van der Waals surface area contributed by atoms with Crippen molar-refractivity contribution in [3.05, 3.63) is 59.1 Å². The molecule has 0 aliphatic rings. The number of rotatable bonds is 3. The molecule has 0 aliphatic heterocycles. The molecule has 2 N–H and O–H groups in total. The van der Waals surface area contributed by atoms with Gasteiger partial charge in [-0.05, 0) is 42.5 Å². The number of aliphatic hydroxyl groups is 1. The first-order chi connectivity index (χ1) is 10.0. The number of nitrogens with one attached hydrogen (secondary N) is 1. The minimum Gasteiger partial charge on any atom is -0.384 e. The molecule has 0 heterocycles. The van der Waals surface area contributed by atoms with Crippen LogP contribution in [0.4, 0.5) is 5.69 Å². The third-order valence-electron chi connectivity index (χ3n) is 2.55. The van der Waals surface area contributed by atoms with E-state index in [1.165, 1.54) is 12.1 Å². The average molecular weight is 322 g/mol. The van der Waals surface area contributed by atoms with Crippen LogP contribution in [0.2, 0.25) is 5.02 Å². The Balaban J connectivity index is 2.29. The molecule has 6 heteroatoms. The number of anilines is 1. The first kappa shape index (κ1) is 15.4. The Hall–Kier alpha value is -2.00. The maximum Gasteiger partial charge on any atom is 0.261 e. The number of aliphatic hydroxyl groups excluding tert-OH is 1. The Labute approximate surface area is 128 Å². The highest BCUT2D eigenvalue weighted by Crippen LogP contribution is 2.18. The SMILES string of the molecule is O=S(=O)(Nc1ccc(Cl)cc1)c1cccc(C#CCO)c1. The predicted molar refractivity (Wildman–Crippen MR) is 82.7 cm³/mol. The standard InChI is InChI=1S/C15H12ClNO3S/c16-13-6-8-14(9-7-13)17-21(19,20)15-5-1-3-12(11-15)4-2-10-18/h1,3,5-9,11,17-18H,10H2. The van der Waals surface area contributed by atoms with Crippen molar-refractivity contribution in [2.45, 2.75) is 4.90 Å². The van der Waals surface area contributed by atoms with Crippen LogP contribution in [0.5, 0.6) is 0 Å². The summed E-state index contributed by atoms with van der Waals surface area (Å²) in [4.78, 5) is 0.0992. The summed E-state index contributed by atoms with van der Waals surface area (Å²) in [5, 5.41) is 9.19. The molecule has 0 spiro atoms. The average Bonchev–Trinajstić information content (AvgIpc) is 2.48. The zero-order chi connectivity index (χ0) is 15.3. The van der Waals surface area contributed by atoms with Crippen LogP contribution in [0.25, 0.3) is 0 Å². The molecule has 0 unspecified atom stereocenters. The molecule has 0 aliphatic carbocycles. The van der Waals surface area contributed by atoms with E-state index in [4.69, 9.17) is 16.7 Å². The van der Waals surface area contributed by atoms with Crippen LogP contribution in [0.15, 0.2) is 53.4 Å². The molecular weight excluding hydrogens is 310 g/mol. The van der Waals surface area contributed by atoms with Crippen LogP contribution in [0.3, 0.4) is 0 Å². The minimum absolute atomic E-state index is 0.0992. The highest BCUT2D eigenvalue weighted by Gasteiger charge is 2.14. The Morgan fingerprint density at radius 1 is 1.14 bits per heavy atom. The van der Waals surface area contributed by atoms with Gasteiger partial charge in [-0.15, -0.1) is 0 Å². The largest absolute Gasteiger partial charge is 0.384 e. The van der Waals surface area contributed by atoms with Gasteiger partial charge in [0.15, 0.2) is 0 Å². The fourth-order valence-electron chi connectivity index (χ4n) is 1.61. The maximum absolute atomic E-state index is 12.3. The van der Waals surface area contributed by atoms with Gasteiger partial charge >= 0.3 is 0 Å². The lowest BCUT2D eigenvalue weighted by Gasteiger charge is -2.08. The van der Waals surface area contributed by atoms with Crippen molar-refractivity contribution >= 4 is 27.3 Å². The van der Waals surface area contributed by atoms with E-state index < -0.39 is 10.0 Å². The monoisotopic (exact) mass is 321 g/mol. The lowest BCUT2D eigenvalue weighted by molar-refractivity contribution is 0.350. The molecule has 0 radical (unpaired) electrons. The number of hydrogen-bond acceptors (Lipinski definition) is 3. The highest BCUT2D eigenvalue weighted by atomic mass is 35.5. The van der Waals surface area contributed by atoms with Gasteiger partial charge in [0, 0.05) is 16.3 Å². The van der Waals surface area contributed by atoms with Gasteiger partial charge in [-0.1, -0.05) is 29.5 Å². The molecule has 0 saturated heterocycles. The van der Waals surface area contributed by atoms with Crippen molar-refractivity contribution in [1.29, 1.82) is 0 Å². The van der Waals surface area contributed by atoms with E-state index >= 15 is 0 Å². The Bertz CT molecular complexity index is 790. The van der Waals surface area contributed by atoms with Crippen LogP contribution in [-0.2, 0) is 10.0 Å². The van der Waals surface area contributed by atoms with Gasteiger partial charge in [-0.25, -0.2) is 8.42 Å². The zero-order valence-corrected chi connectivity index (χ0v) is 12.4. The minimum atomic E-state index is -3.70. The summed E-state index contributed by atoms with van der Waals surface area (Å²) in [6.45, 7) is -0.278. The Morgan fingerprint density at radius 3 is 2.52 bits per heavy atom. The van der Waals surface area contributed by atoms with Crippen LogP contribution < -0.4 is 4.72 Å². The highest BCUT2D eigenvalue weighted by molar-refractivity contribution is 7.92. The second-order valence-corrected chi connectivity index (χ2v) is 6.22. The predicted octanol–water partition coefficient (Wildman–Crippen LogP) is 2.48. The second kappa shape index (κ2) is 6.64. The molecule has 0 amide bonds. The fourth-order valence-corrected chi connectivity index (χ4v) is 2.84. The van der Waals surface area contributed by atoms with Gasteiger partial charge in [-0.3, -0.25) is 4.72 Å². The third-order valence-corrected chi connectivity index (χ3v) is 4.18. The second-order valence-electron chi connectivity index (χ2n) is 4.10. The van der Waals surface area contributed by atoms with E-state index in [0.717, 1.165) is 0 Å². The topological polar surface area (TPSA) is 66.4 Å². The van der Waals surface area contributed by atoms with Crippen LogP contribution in [0, 0.1) is 11.8 Å². The molecule has 0 bridgehead atoms. The molecule has 0 fully saturated rings. The molecule has 0 aromatic heterocycles. The third kappa shape index (κ3) is 4.23. The first-order valence-corrected chi connectivity index (χ1v) is 7.85. The van der Waals surface area contributed by atoms with Crippen molar-refractivity contribution in [2.24, 2.45) is 0 Å². The molecule has 2 aromatic carbocycles. The molecule has 4 nitrogen and oxygen atoms in total. The van der Waals surface area contributed by atoms with Gasteiger partial charge in [0.25, 0.3) is 10.0 Å². The van der Waals surface area contributed by atoms with Crippen molar-refractivity contribution in [3.63, 3.8) is 0 Å². The molecule has 0 atom stereocenters. The number of hydrogen-bond donors (Lipinski definition) is 2. The van der Waals surface area contributed by atoms with Gasteiger partial charge in [0.1, 0.15) is 6.61 Å². The summed E-state index contributed by atoms with van der Waals surface area (Å²) in [5.41, 5.74) is 0.939. The van der Waals surface area contributed by atoms with E-state index in [1.807, 2.05) is 0 Å². The molecule has 0 saturated carbocycles. The van der Waals surface area contributed by atoms with Crippen molar-refractivity contribution in [3.8, 4) is 11.8 Å². The summed E-state index contributed by atoms with van der Waals surface area (Å²) >= 11 is 5.76. The fraction of sp³-hybridized carbons (Fsp3) is 0.0667. The number of sulfonamides is 1. The first-order valence-electron chi connectivity index (χ1n) is 5.99. The molecule has 108 valence electrons. The maximum atomic E-state index is 12.3. The van der Waals surface area contributed by atoms with Crippen molar-refractivity contribution in [1.82, 2.24) is 0 Å². The normalized spacial score (nSPS) is 10.6. The van der Waals surface area contributed by atoms with E-state index in [1.54, 1.807) is 36.4 Å². The van der Waals surface area contributed by atoms with Crippen molar-refractivity contribution < 1.29 is 13.5 Å². The summed E-state index contributed by atoms with van der Waals surface area (Å²) in [6, 6.07) is 12.5. The summed E-state index contributed by atoms with van der Waals surface area (Å²) in [7, 11) is -3.70. The Kier molecular flexibility index (Phi) is 4.86. The van der Waals surface area contributed by atoms with Gasteiger partial charge in [-0.2, -0.15) is 0 Å². The Morgan fingerprint density at radius 2 is 1.86 bits per heavy atom. The van der Waals surface area contributed by atoms with Crippen LogP contribution >= 0.6 is 11.6 Å². The molecule has 21 heavy (non-hydrogen) atoms. The zero-order valence-electron chi connectivity index (χ0n) is 10.9. The van der Waals surface area contributed by atoms with Gasteiger partial charge < -0.3 is 5.11 Å². The van der Waals surface area contributed by atoms with E-state index in [-0.39, 0.29) is 11.5 Å². The van der Waals surface area contributed by atoms with Crippen LogP contribution in [-0.4, -0.2) is 20.1 Å². The van der Waals surface area contributed by atoms with Gasteiger partial charge in [0.05, 0.1) is 4.90 Å². The van der Waals surface area contributed by atoms with Gasteiger partial charge in [0.2, 0.25) is 0 Å². The number of halogens is 1.